The van der Waals surface area contributed by atoms with Crippen LogP contribution in [0.3, 0.4) is 0 Å². The highest BCUT2D eigenvalue weighted by atomic mass is 127. The van der Waals surface area contributed by atoms with Crippen LogP contribution < -0.4 is 20.1 Å². The minimum atomic E-state index is -2.92. The van der Waals surface area contributed by atoms with Crippen LogP contribution >= 0.6 is 24.0 Å². The van der Waals surface area contributed by atoms with E-state index in [0.717, 1.165) is 11.4 Å². The summed E-state index contributed by atoms with van der Waals surface area (Å²) in [6.07, 6.45) is 2.43. The predicted molar refractivity (Wildman–Crippen MR) is 130 cm³/mol. The number of methoxy groups -OCH3 is 1. The van der Waals surface area contributed by atoms with Crippen molar-refractivity contribution in [1.29, 1.82) is 0 Å². The highest BCUT2D eigenvalue weighted by Crippen LogP contribution is 2.25. The molecule has 0 bridgehead atoms. The van der Waals surface area contributed by atoms with Crippen LogP contribution in [0.25, 0.3) is 5.69 Å². The van der Waals surface area contributed by atoms with Gasteiger partial charge in [0.2, 0.25) is 0 Å². The molecule has 0 aliphatic rings. The summed E-state index contributed by atoms with van der Waals surface area (Å²) in [7, 11) is 3.11. The van der Waals surface area contributed by atoms with Gasteiger partial charge < -0.3 is 20.1 Å². The number of hydrogen-bond donors (Lipinski definition) is 2. The van der Waals surface area contributed by atoms with Gasteiger partial charge in [-0.2, -0.15) is 13.9 Å². The maximum Gasteiger partial charge on any atom is 0.387 e. The lowest BCUT2D eigenvalue weighted by Gasteiger charge is -2.15. The van der Waals surface area contributed by atoms with E-state index in [0.29, 0.717) is 30.2 Å². The number of rotatable bonds is 9. The standard InChI is InChI=1S/C22H24F3N5O2.HI/c1-26-22(28-14-15-13-19(31-2)7-8-20(15)32-21(24)25)27-11-9-17-10-12-30(29-17)18-5-3-16(23)4-6-18;/h3-8,10,12-13,21H,9,11,14H2,1-2H3,(H2,26,27,28);1H. The molecule has 2 aromatic carbocycles. The summed E-state index contributed by atoms with van der Waals surface area (Å²) in [5, 5.41) is 10.7. The van der Waals surface area contributed by atoms with E-state index in [-0.39, 0.29) is 42.1 Å². The molecule has 0 atom stereocenters. The Bertz CT molecular complexity index is 1040. The number of nitrogens with zero attached hydrogens (tertiary/aromatic N) is 3. The number of halogens is 4. The molecule has 0 amide bonds. The molecule has 3 rings (SSSR count). The molecule has 0 aliphatic heterocycles. The fourth-order valence-corrected chi connectivity index (χ4v) is 2.97. The van der Waals surface area contributed by atoms with Crippen LogP contribution in [0.1, 0.15) is 11.3 Å². The molecule has 178 valence electrons. The smallest absolute Gasteiger partial charge is 0.387 e. The second kappa shape index (κ2) is 12.9. The molecule has 11 heteroatoms. The third-order valence-corrected chi connectivity index (χ3v) is 4.56. The minimum Gasteiger partial charge on any atom is -0.497 e. The Kier molecular flexibility index (Phi) is 10.3. The molecular formula is C22H25F3IN5O2. The van der Waals surface area contributed by atoms with Crippen molar-refractivity contribution in [3.63, 3.8) is 0 Å². The van der Waals surface area contributed by atoms with E-state index in [9.17, 15) is 13.2 Å². The van der Waals surface area contributed by atoms with Crippen LogP contribution in [0, 0.1) is 5.82 Å². The summed E-state index contributed by atoms with van der Waals surface area (Å²) in [5.74, 6) is 0.790. The molecule has 33 heavy (non-hydrogen) atoms. The number of benzene rings is 2. The molecular weight excluding hydrogens is 550 g/mol. The first kappa shape index (κ1) is 26.3. The highest BCUT2D eigenvalue weighted by Gasteiger charge is 2.12. The summed E-state index contributed by atoms with van der Waals surface area (Å²) in [4.78, 5) is 4.14. The number of guanidine groups is 1. The van der Waals surface area contributed by atoms with Gasteiger partial charge in [0.05, 0.1) is 18.5 Å². The van der Waals surface area contributed by atoms with Crippen LogP contribution in [0.5, 0.6) is 11.5 Å². The molecule has 3 aromatic rings. The number of hydrogen-bond acceptors (Lipinski definition) is 4. The Balaban J connectivity index is 0.00000385. The first-order valence-electron chi connectivity index (χ1n) is 9.85. The van der Waals surface area contributed by atoms with E-state index in [2.05, 4.69) is 25.5 Å². The maximum absolute atomic E-state index is 13.1. The van der Waals surface area contributed by atoms with Gasteiger partial charge in [-0.1, -0.05) is 0 Å². The lowest BCUT2D eigenvalue weighted by atomic mass is 10.2. The summed E-state index contributed by atoms with van der Waals surface area (Å²) >= 11 is 0. The zero-order chi connectivity index (χ0) is 22.9. The SMILES string of the molecule is CN=C(NCCc1ccn(-c2ccc(F)cc2)n1)NCc1cc(OC)ccc1OC(F)F.I. The highest BCUT2D eigenvalue weighted by molar-refractivity contribution is 14.0. The van der Waals surface area contributed by atoms with Crippen molar-refractivity contribution in [3.8, 4) is 17.2 Å². The number of nitrogens with one attached hydrogen (secondary N) is 2. The Hall–Kier alpha value is -2.96. The van der Waals surface area contributed by atoms with Gasteiger partial charge in [-0.25, -0.2) is 9.07 Å². The van der Waals surface area contributed by atoms with Gasteiger partial charge in [-0.15, -0.1) is 24.0 Å². The van der Waals surface area contributed by atoms with Crippen LogP contribution in [-0.4, -0.2) is 43.1 Å². The molecule has 0 unspecified atom stereocenters. The lowest BCUT2D eigenvalue weighted by Crippen LogP contribution is -2.38. The molecule has 2 N–H and O–H groups in total. The summed E-state index contributed by atoms with van der Waals surface area (Å²) < 4.78 is 49.8. The van der Waals surface area contributed by atoms with Crippen LogP contribution in [-0.2, 0) is 13.0 Å². The van der Waals surface area contributed by atoms with Crippen molar-refractivity contribution in [1.82, 2.24) is 20.4 Å². The van der Waals surface area contributed by atoms with Crippen molar-refractivity contribution >= 4 is 29.9 Å². The number of aromatic nitrogens is 2. The van der Waals surface area contributed by atoms with E-state index in [1.807, 2.05) is 12.3 Å². The van der Waals surface area contributed by atoms with Gasteiger partial charge in [0, 0.05) is 38.3 Å². The normalized spacial score (nSPS) is 11.2. The molecule has 0 saturated heterocycles. The van der Waals surface area contributed by atoms with E-state index in [1.54, 1.807) is 36.0 Å². The third kappa shape index (κ3) is 7.84. The van der Waals surface area contributed by atoms with E-state index >= 15 is 0 Å². The summed E-state index contributed by atoms with van der Waals surface area (Å²) in [6.45, 7) is -2.18. The third-order valence-electron chi connectivity index (χ3n) is 4.56. The van der Waals surface area contributed by atoms with Gasteiger partial charge in [0.15, 0.2) is 5.96 Å². The van der Waals surface area contributed by atoms with E-state index in [4.69, 9.17) is 4.74 Å². The monoisotopic (exact) mass is 575 g/mol. The van der Waals surface area contributed by atoms with Gasteiger partial charge in [0.25, 0.3) is 0 Å². The molecule has 0 radical (unpaired) electrons. The zero-order valence-electron chi connectivity index (χ0n) is 18.1. The molecule has 0 aliphatic carbocycles. The molecule has 0 fully saturated rings. The fourth-order valence-electron chi connectivity index (χ4n) is 2.97. The topological polar surface area (TPSA) is 72.7 Å². The molecule has 1 heterocycles. The largest absolute Gasteiger partial charge is 0.497 e. The fraction of sp³-hybridized carbons (Fsp3) is 0.273. The second-order valence-corrected chi connectivity index (χ2v) is 6.68. The number of aliphatic imine (C=N–C) groups is 1. The first-order valence-corrected chi connectivity index (χ1v) is 9.85. The Labute approximate surface area is 207 Å². The Morgan fingerprint density at radius 2 is 1.88 bits per heavy atom. The average molecular weight is 575 g/mol. The van der Waals surface area contributed by atoms with Crippen molar-refractivity contribution in [2.45, 2.75) is 19.6 Å². The summed E-state index contributed by atoms with van der Waals surface area (Å²) in [6, 6.07) is 12.6. The second-order valence-electron chi connectivity index (χ2n) is 6.68. The van der Waals surface area contributed by atoms with Crippen molar-refractivity contribution < 1.29 is 22.6 Å². The molecule has 0 spiro atoms. The number of ether oxygens (including phenoxy) is 2. The van der Waals surface area contributed by atoms with Crippen molar-refractivity contribution in [2.75, 3.05) is 20.7 Å². The van der Waals surface area contributed by atoms with Crippen molar-refractivity contribution in [2.24, 2.45) is 4.99 Å². The maximum atomic E-state index is 13.1. The average Bonchev–Trinajstić information content (AvgIpc) is 3.26. The van der Waals surface area contributed by atoms with Gasteiger partial charge in [-0.05, 0) is 48.5 Å². The quantitative estimate of drug-likeness (QED) is 0.228. The van der Waals surface area contributed by atoms with Gasteiger partial charge >= 0.3 is 6.61 Å². The van der Waals surface area contributed by atoms with Crippen LogP contribution in [0.15, 0.2) is 59.7 Å². The summed E-state index contributed by atoms with van der Waals surface area (Å²) in [5.41, 5.74) is 2.12. The minimum absolute atomic E-state index is 0. The van der Waals surface area contributed by atoms with E-state index in [1.165, 1.54) is 25.3 Å². The first-order chi connectivity index (χ1) is 15.5. The Morgan fingerprint density at radius 1 is 1.12 bits per heavy atom. The molecule has 7 nitrogen and oxygen atoms in total. The molecule has 0 saturated carbocycles. The zero-order valence-corrected chi connectivity index (χ0v) is 20.4. The lowest BCUT2D eigenvalue weighted by molar-refractivity contribution is -0.0505. The van der Waals surface area contributed by atoms with Gasteiger partial charge in [-0.3, -0.25) is 4.99 Å². The van der Waals surface area contributed by atoms with Crippen molar-refractivity contribution in [3.05, 3.63) is 71.8 Å². The van der Waals surface area contributed by atoms with Crippen LogP contribution in [0.2, 0.25) is 0 Å². The van der Waals surface area contributed by atoms with Crippen LogP contribution in [0.4, 0.5) is 13.2 Å². The Morgan fingerprint density at radius 3 is 2.55 bits per heavy atom. The molecule has 1 aromatic heterocycles. The number of alkyl halides is 2. The van der Waals surface area contributed by atoms with Gasteiger partial charge in [0.1, 0.15) is 17.3 Å². The van der Waals surface area contributed by atoms with E-state index < -0.39 is 6.61 Å². The predicted octanol–water partition coefficient (Wildman–Crippen LogP) is 4.15.